The fourth-order valence-corrected chi connectivity index (χ4v) is 16.3. The number of aromatic nitrogens is 4. The van der Waals surface area contributed by atoms with Gasteiger partial charge < -0.3 is 0 Å². The molecule has 17 aromatic rings. The SMILES string of the molecule is [C-]#[N+]c1cccc2c1-c1cc(-c3ccc(-c4cccc(-c5cc(-c6ccc(-c7ccccc7)cc6)nc(-c6cccc(-c7ccccc7)c6)n5)c4)cc3)ccc1C2(C)C.[C-]#[N+]c1cccc2c1-c1cc(-c3ccc(-c4cccc(-c5cc(-c6ccccc6)nc(-c6ccc(-c7ccccc7)cc6)n5)c4)cc3)ccc1C2(C)C. The standard InChI is InChI=1S/C56H39N3.C50H35N3/c1-56(2)49-32-31-45(35-48(49)54-50(56)21-12-22-51(54)57-3)41-25-23-40(24-26-41)43-17-10-19-46(33-43)53-36-52(42-29-27-39(28-30-42)37-13-6-4-7-14-37)58-55(59-53)47-20-11-18-44(34-47)38-15-8-5-9-16-38;1-50(2)43-29-28-40(31-42(43)48-44(50)18-11-19-45(48)51-3)36-22-20-35(21-23-36)39-16-10-17-41(30-39)47-32-46(37-14-8-5-9-15-37)52-49(53-47)38-26-24-34(25-27-38)33-12-6-4-7-13-33/h4-36H,1-2H3;4-32H,1-2H3. The van der Waals surface area contributed by atoms with E-state index in [9.17, 15) is 0 Å². The van der Waals surface area contributed by atoms with Gasteiger partial charge in [0.05, 0.1) is 35.9 Å². The normalized spacial score (nSPS) is 12.4. The predicted octanol–water partition coefficient (Wildman–Crippen LogP) is 28.3. The molecule has 0 atom stereocenters. The number of fused-ring (bicyclic) bond motifs is 6. The van der Waals surface area contributed by atoms with Crippen LogP contribution in [0.3, 0.4) is 0 Å². The number of hydrogen-bond acceptors (Lipinski definition) is 4. The van der Waals surface area contributed by atoms with Crippen molar-refractivity contribution in [3.8, 4) is 168 Å². The van der Waals surface area contributed by atoms with E-state index >= 15 is 0 Å². The Bertz CT molecular complexity index is 6510. The zero-order valence-corrected chi connectivity index (χ0v) is 62.5. The molecule has 15 aromatic carbocycles. The maximum Gasteiger partial charge on any atom is 0.195 e. The van der Waals surface area contributed by atoms with Crippen LogP contribution in [-0.4, -0.2) is 19.9 Å². The highest BCUT2D eigenvalue weighted by atomic mass is 14.9. The third-order valence-corrected chi connectivity index (χ3v) is 22.3. The minimum Gasteiger partial charge on any atom is -0.238 e. The molecule has 2 aliphatic rings. The number of nitrogens with zero attached hydrogens (tertiary/aromatic N) is 6. The molecule has 2 heterocycles. The molecule has 2 aromatic heterocycles. The molecule has 19 rings (SSSR count). The van der Waals surface area contributed by atoms with Crippen molar-refractivity contribution >= 4 is 11.4 Å². The Hall–Kier alpha value is -14.6. The first-order valence-electron chi connectivity index (χ1n) is 37.9. The third kappa shape index (κ3) is 13.3. The summed E-state index contributed by atoms with van der Waals surface area (Å²) in [6, 6.07) is 132. The van der Waals surface area contributed by atoms with Gasteiger partial charge in [-0.05, 0) is 165 Å². The first kappa shape index (κ1) is 69.2. The summed E-state index contributed by atoms with van der Waals surface area (Å²) >= 11 is 0. The largest absolute Gasteiger partial charge is 0.238 e. The fraction of sp³-hybridized carbons (Fsp3) is 0.0566. The summed E-state index contributed by atoms with van der Waals surface area (Å²) in [7, 11) is 0. The Morgan fingerprint density at radius 3 is 0.812 bits per heavy atom. The summed E-state index contributed by atoms with van der Waals surface area (Å²) in [5, 5.41) is 0. The molecule has 0 saturated heterocycles. The Balaban J connectivity index is 0.000000157. The van der Waals surface area contributed by atoms with E-state index < -0.39 is 0 Å². The smallest absolute Gasteiger partial charge is 0.195 e. The Kier molecular flexibility index (Phi) is 18.0. The van der Waals surface area contributed by atoms with Crippen molar-refractivity contribution in [2.24, 2.45) is 0 Å². The van der Waals surface area contributed by atoms with Crippen molar-refractivity contribution in [3.63, 3.8) is 0 Å². The molecule has 0 radical (unpaired) electrons. The Labute approximate surface area is 654 Å². The zero-order chi connectivity index (χ0) is 75.9. The second-order valence-electron chi connectivity index (χ2n) is 29.8. The molecule has 0 bridgehead atoms. The maximum atomic E-state index is 7.87. The molecule has 0 N–H and O–H groups in total. The topological polar surface area (TPSA) is 60.3 Å². The predicted molar refractivity (Wildman–Crippen MR) is 462 cm³/mol. The molecule has 6 nitrogen and oxygen atoms in total. The van der Waals surface area contributed by atoms with E-state index in [0.29, 0.717) is 17.3 Å². The zero-order valence-electron chi connectivity index (χ0n) is 62.5. The van der Waals surface area contributed by atoms with Crippen molar-refractivity contribution in [2.75, 3.05) is 0 Å². The molecule has 112 heavy (non-hydrogen) atoms. The van der Waals surface area contributed by atoms with Gasteiger partial charge in [-0.15, -0.1) is 0 Å². The highest BCUT2D eigenvalue weighted by molar-refractivity contribution is 5.94. The number of rotatable bonds is 13. The number of benzene rings is 15. The molecule has 0 amide bonds. The van der Waals surface area contributed by atoms with Crippen LogP contribution in [0.2, 0.25) is 0 Å². The quantitative estimate of drug-likeness (QED) is 0.108. The second-order valence-corrected chi connectivity index (χ2v) is 29.8. The van der Waals surface area contributed by atoms with Gasteiger partial charge in [-0.25, -0.2) is 29.6 Å². The lowest BCUT2D eigenvalue weighted by Gasteiger charge is -2.21. The van der Waals surface area contributed by atoms with E-state index in [0.717, 1.165) is 151 Å². The highest BCUT2D eigenvalue weighted by Crippen LogP contribution is 2.55. The van der Waals surface area contributed by atoms with Crippen LogP contribution in [0.1, 0.15) is 49.9 Å². The van der Waals surface area contributed by atoms with Gasteiger partial charge in [-0.3, -0.25) is 0 Å². The van der Waals surface area contributed by atoms with Crippen LogP contribution in [0.4, 0.5) is 11.4 Å². The molecule has 0 spiro atoms. The van der Waals surface area contributed by atoms with Gasteiger partial charge in [0.2, 0.25) is 0 Å². The molecule has 0 fully saturated rings. The summed E-state index contributed by atoms with van der Waals surface area (Å²) in [6.45, 7) is 24.7. The minimum absolute atomic E-state index is 0.141. The van der Waals surface area contributed by atoms with Gasteiger partial charge >= 0.3 is 0 Å². The average molecular weight is 1430 g/mol. The van der Waals surface area contributed by atoms with Crippen LogP contribution in [0.15, 0.2) is 376 Å². The molecule has 0 unspecified atom stereocenters. The van der Waals surface area contributed by atoms with E-state index in [4.69, 9.17) is 33.1 Å². The van der Waals surface area contributed by atoms with Gasteiger partial charge in [0.1, 0.15) is 0 Å². The molecule has 6 heteroatoms. The lowest BCUT2D eigenvalue weighted by molar-refractivity contribution is 0.660. The summed E-state index contributed by atoms with van der Waals surface area (Å²) in [6.07, 6.45) is 0. The lowest BCUT2D eigenvalue weighted by atomic mass is 9.82. The van der Waals surface area contributed by atoms with Crippen molar-refractivity contribution in [1.82, 2.24) is 19.9 Å². The summed E-state index contributed by atoms with van der Waals surface area (Å²) in [5.41, 5.74) is 36.2. The first-order chi connectivity index (χ1) is 54.9. The highest BCUT2D eigenvalue weighted by Gasteiger charge is 2.38. The minimum atomic E-state index is -0.150. The van der Waals surface area contributed by atoms with E-state index in [-0.39, 0.29) is 10.8 Å². The first-order valence-corrected chi connectivity index (χ1v) is 37.9. The van der Waals surface area contributed by atoms with Crippen LogP contribution >= 0.6 is 0 Å². The van der Waals surface area contributed by atoms with Crippen molar-refractivity contribution in [3.05, 3.63) is 421 Å². The number of hydrogen-bond donors (Lipinski definition) is 0. The van der Waals surface area contributed by atoms with Gasteiger partial charge in [0.15, 0.2) is 23.0 Å². The molecule has 2 aliphatic carbocycles. The van der Waals surface area contributed by atoms with Crippen LogP contribution < -0.4 is 0 Å². The van der Waals surface area contributed by atoms with Crippen molar-refractivity contribution in [2.45, 2.75) is 38.5 Å². The van der Waals surface area contributed by atoms with E-state index in [1.54, 1.807) is 0 Å². The molecule has 0 aliphatic heterocycles. The van der Waals surface area contributed by atoms with Crippen LogP contribution in [0.25, 0.3) is 178 Å². The van der Waals surface area contributed by atoms with E-state index in [1.807, 2.05) is 60.7 Å². The van der Waals surface area contributed by atoms with Gasteiger partial charge in [0, 0.05) is 44.2 Å². The van der Waals surface area contributed by atoms with Crippen LogP contribution in [0, 0.1) is 13.1 Å². The Morgan fingerprint density at radius 2 is 0.438 bits per heavy atom. The lowest BCUT2D eigenvalue weighted by Crippen LogP contribution is -2.14. The van der Waals surface area contributed by atoms with Crippen molar-refractivity contribution in [1.29, 1.82) is 0 Å². The summed E-state index contributed by atoms with van der Waals surface area (Å²) in [4.78, 5) is 28.4. The van der Waals surface area contributed by atoms with E-state index in [1.165, 1.54) is 33.4 Å². The second kappa shape index (κ2) is 29.2. The van der Waals surface area contributed by atoms with Gasteiger partial charge in [-0.1, -0.05) is 361 Å². The molecule has 0 saturated carbocycles. The Morgan fingerprint density at radius 1 is 0.196 bits per heavy atom. The van der Waals surface area contributed by atoms with Gasteiger partial charge in [-0.2, -0.15) is 0 Å². The molecular weight excluding hydrogens is 1360 g/mol. The average Bonchev–Trinajstić information content (AvgIpc) is 1.58. The van der Waals surface area contributed by atoms with Crippen LogP contribution in [0.5, 0.6) is 0 Å². The molecular formula is C106H74N6. The van der Waals surface area contributed by atoms with Crippen LogP contribution in [-0.2, 0) is 10.8 Å². The third-order valence-electron chi connectivity index (χ3n) is 22.3. The van der Waals surface area contributed by atoms with Crippen molar-refractivity contribution < 1.29 is 0 Å². The fourth-order valence-electron chi connectivity index (χ4n) is 16.3. The van der Waals surface area contributed by atoms with Gasteiger partial charge in [0.25, 0.3) is 0 Å². The van der Waals surface area contributed by atoms with E-state index in [2.05, 4.69) is 353 Å². The summed E-state index contributed by atoms with van der Waals surface area (Å²) in [5.74, 6) is 1.38. The molecule has 528 valence electrons. The maximum absolute atomic E-state index is 7.87. The monoisotopic (exact) mass is 1430 g/mol. The summed E-state index contributed by atoms with van der Waals surface area (Å²) < 4.78 is 0.